The molecular weight excluding hydrogens is 290 g/mol. The lowest BCUT2D eigenvalue weighted by Crippen LogP contribution is -2.13. The van der Waals surface area contributed by atoms with Gasteiger partial charge in [0, 0.05) is 28.5 Å². The van der Waals surface area contributed by atoms with Crippen molar-refractivity contribution in [1.29, 1.82) is 0 Å². The van der Waals surface area contributed by atoms with Crippen LogP contribution in [0.3, 0.4) is 0 Å². The number of hydrazone groups is 1. The Morgan fingerprint density at radius 3 is 2.80 bits per heavy atom. The third-order valence-corrected chi connectivity index (χ3v) is 4.30. The molecule has 2 heterocycles. The molecule has 0 unspecified atom stereocenters. The Bertz CT molecular complexity index is 653. The zero-order valence-corrected chi connectivity index (χ0v) is 12.6. The molecule has 1 N–H and O–H groups in total. The number of aromatic nitrogens is 1. The molecule has 0 saturated heterocycles. The highest BCUT2D eigenvalue weighted by atomic mass is 35.5. The zero-order chi connectivity index (χ0) is 13.9. The smallest absolute Gasteiger partial charge is 0.105 e. The Balaban J connectivity index is 1.84. The van der Waals surface area contributed by atoms with E-state index < -0.39 is 0 Å². The number of hydrogen-bond acceptors (Lipinski definition) is 4. The quantitative estimate of drug-likeness (QED) is 0.838. The van der Waals surface area contributed by atoms with Gasteiger partial charge in [-0.15, -0.1) is 11.8 Å². The van der Waals surface area contributed by atoms with Crippen LogP contribution in [0.25, 0.3) is 0 Å². The number of fused-ring (bicyclic) bond motifs is 1. The second kappa shape index (κ2) is 5.85. The van der Waals surface area contributed by atoms with Crippen molar-refractivity contribution < 1.29 is 0 Å². The monoisotopic (exact) mass is 303 g/mol. The van der Waals surface area contributed by atoms with Crippen molar-refractivity contribution in [3.05, 3.63) is 52.7 Å². The molecule has 1 aromatic heterocycles. The maximum atomic E-state index is 5.87. The fourth-order valence-corrected chi connectivity index (χ4v) is 3.18. The van der Waals surface area contributed by atoms with Gasteiger partial charge in [-0.2, -0.15) is 5.10 Å². The van der Waals surface area contributed by atoms with Gasteiger partial charge in [0.2, 0.25) is 0 Å². The molecule has 0 bridgehead atoms. The van der Waals surface area contributed by atoms with E-state index in [2.05, 4.69) is 21.6 Å². The van der Waals surface area contributed by atoms with Crippen LogP contribution in [0.2, 0.25) is 5.02 Å². The molecule has 3 nitrogen and oxygen atoms in total. The summed E-state index contributed by atoms with van der Waals surface area (Å²) in [4.78, 5) is 4.57. The van der Waals surface area contributed by atoms with E-state index in [0.717, 1.165) is 44.9 Å². The minimum Gasteiger partial charge on any atom is -0.278 e. The van der Waals surface area contributed by atoms with E-state index in [1.807, 2.05) is 37.3 Å². The molecule has 3 rings (SSSR count). The van der Waals surface area contributed by atoms with Gasteiger partial charge in [-0.1, -0.05) is 11.6 Å². The number of anilines is 1. The standard InChI is InChI=1S/C15H14ClN3S/c1-10-2-7-13-14(8-9-20-15(13)17-10)19-18-12-5-3-11(16)4-6-12/h2-7,18H,8-9H2,1H3/b19-14-. The molecule has 20 heavy (non-hydrogen) atoms. The summed E-state index contributed by atoms with van der Waals surface area (Å²) in [7, 11) is 0. The molecule has 2 aromatic rings. The minimum absolute atomic E-state index is 0.724. The van der Waals surface area contributed by atoms with Crippen molar-refractivity contribution in [2.75, 3.05) is 11.2 Å². The van der Waals surface area contributed by atoms with E-state index >= 15 is 0 Å². The van der Waals surface area contributed by atoms with Gasteiger partial charge in [0.15, 0.2) is 0 Å². The Kier molecular flexibility index (Phi) is 3.94. The van der Waals surface area contributed by atoms with Crippen LogP contribution < -0.4 is 5.43 Å². The van der Waals surface area contributed by atoms with Crippen LogP contribution in [0, 0.1) is 6.92 Å². The lowest BCUT2D eigenvalue weighted by Gasteiger charge is -2.17. The van der Waals surface area contributed by atoms with Gasteiger partial charge in [-0.05, 0) is 43.3 Å². The van der Waals surface area contributed by atoms with Gasteiger partial charge in [-0.25, -0.2) is 4.98 Å². The first kappa shape index (κ1) is 13.5. The van der Waals surface area contributed by atoms with Crippen molar-refractivity contribution in [2.45, 2.75) is 18.4 Å². The molecule has 0 amide bonds. The molecule has 5 heteroatoms. The summed E-state index contributed by atoms with van der Waals surface area (Å²) >= 11 is 7.66. The predicted molar refractivity (Wildman–Crippen MR) is 85.9 cm³/mol. The maximum absolute atomic E-state index is 5.87. The van der Waals surface area contributed by atoms with E-state index in [-0.39, 0.29) is 0 Å². The summed E-state index contributed by atoms with van der Waals surface area (Å²) in [6.07, 6.45) is 0.947. The van der Waals surface area contributed by atoms with Gasteiger partial charge in [0.25, 0.3) is 0 Å². The maximum Gasteiger partial charge on any atom is 0.105 e. The van der Waals surface area contributed by atoms with Crippen molar-refractivity contribution in [3.8, 4) is 0 Å². The number of halogens is 1. The number of thioether (sulfide) groups is 1. The van der Waals surface area contributed by atoms with Crippen molar-refractivity contribution in [3.63, 3.8) is 0 Å². The molecular formula is C15H14ClN3S. The van der Waals surface area contributed by atoms with Crippen LogP contribution in [0.15, 0.2) is 46.5 Å². The average molecular weight is 304 g/mol. The van der Waals surface area contributed by atoms with Crippen molar-refractivity contribution in [2.24, 2.45) is 5.10 Å². The summed E-state index contributed by atoms with van der Waals surface area (Å²) in [6.45, 7) is 2.01. The number of nitrogens with zero attached hydrogens (tertiary/aromatic N) is 2. The first-order valence-electron chi connectivity index (χ1n) is 6.41. The molecule has 0 saturated carbocycles. The highest BCUT2D eigenvalue weighted by Gasteiger charge is 2.17. The number of aryl methyl sites for hydroxylation is 1. The fourth-order valence-electron chi connectivity index (χ4n) is 2.01. The van der Waals surface area contributed by atoms with Gasteiger partial charge in [0.1, 0.15) is 5.03 Å². The van der Waals surface area contributed by atoms with Gasteiger partial charge in [0.05, 0.1) is 11.4 Å². The molecule has 0 aliphatic carbocycles. The zero-order valence-electron chi connectivity index (χ0n) is 11.1. The third kappa shape index (κ3) is 2.97. The lowest BCUT2D eigenvalue weighted by molar-refractivity contribution is 1.03. The van der Waals surface area contributed by atoms with Gasteiger partial charge < -0.3 is 0 Å². The van der Waals surface area contributed by atoms with Crippen molar-refractivity contribution in [1.82, 2.24) is 4.98 Å². The summed E-state index contributed by atoms with van der Waals surface area (Å²) in [5, 5.41) is 6.33. The molecule has 102 valence electrons. The molecule has 1 aromatic carbocycles. The number of hydrogen-bond donors (Lipinski definition) is 1. The minimum atomic E-state index is 0.724. The number of nitrogens with one attached hydrogen (secondary N) is 1. The largest absolute Gasteiger partial charge is 0.278 e. The number of pyridine rings is 1. The molecule has 0 fully saturated rings. The second-order valence-electron chi connectivity index (χ2n) is 4.58. The van der Waals surface area contributed by atoms with E-state index in [1.165, 1.54) is 0 Å². The molecule has 1 aliphatic rings. The number of benzene rings is 1. The normalized spacial score (nSPS) is 16.0. The van der Waals surface area contributed by atoms with Crippen molar-refractivity contribution >= 4 is 34.8 Å². The van der Waals surface area contributed by atoms with Gasteiger partial charge in [-0.3, -0.25) is 5.43 Å². The van der Waals surface area contributed by atoms with Crippen LogP contribution in [-0.2, 0) is 0 Å². The van der Waals surface area contributed by atoms with E-state index in [1.54, 1.807) is 11.8 Å². The topological polar surface area (TPSA) is 37.3 Å². The third-order valence-electron chi connectivity index (χ3n) is 3.05. The van der Waals surface area contributed by atoms with E-state index in [9.17, 15) is 0 Å². The first-order chi connectivity index (χ1) is 9.72. The van der Waals surface area contributed by atoms with E-state index in [4.69, 9.17) is 11.6 Å². The van der Waals surface area contributed by atoms with Crippen LogP contribution in [0.5, 0.6) is 0 Å². The summed E-state index contributed by atoms with van der Waals surface area (Å²) in [5.74, 6) is 1.02. The van der Waals surface area contributed by atoms with Crippen LogP contribution in [0.4, 0.5) is 5.69 Å². The Morgan fingerprint density at radius 1 is 1.20 bits per heavy atom. The molecule has 0 atom stereocenters. The Morgan fingerprint density at radius 2 is 2.00 bits per heavy atom. The highest BCUT2D eigenvalue weighted by Crippen LogP contribution is 2.28. The average Bonchev–Trinajstić information content (AvgIpc) is 2.46. The van der Waals surface area contributed by atoms with Gasteiger partial charge >= 0.3 is 0 Å². The van der Waals surface area contributed by atoms with E-state index in [0.29, 0.717) is 0 Å². The molecule has 0 spiro atoms. The number of rotatable bonds is 2. The SMILES string of the molecule is Cc1ccc2c(n1)SCC/C2=N/Nc1ccc(Cl)cc1. The first-order valence-corrected chi connectivity index (χ1v) is 7.78. The van der Waals surface area contributed by atoms with Crippen LogP contribution in [0.1, 0.15) is 17.7 Å². The highest BCUT2D eigenvalue weighted by molar-refractivity contribution is 7.99. The summed E-state index contributed by atoms with van der Waals surface area (Å²) in [5.41, 5.74) is 7.26. The fraction of sp³-hybridized carbons (Fsp3) is 0.200. The predicted octanol–water partition coefficient (Wildman–Crippen LogP) is 4.36. The Labute approximate surface area is 127 Å². The van der Waals surface area contributed by atoms with Crippen LogP contribution in [-0.4, -0.2) is 16.4 Å². The summed E-state index contributed by atoms with van der Waals surface area (Å²) in [6, 6.07) is 11.7. The lowest BCUT2D eigenvalue weighted by atomic mass is 10.1. The molecule has 1 aliphatic heterocycles. The van der Waals surface area contributed by atoms with Crippen LogP contribution >= 0.6 is 23.4 Å². The Hall–Kier alpha value is -1.52. The molecule has 0 radical (unpaired) electrons. The summed E-state index contributed by atoms with van der Waals surface area (Å²) < 4.78 is 0. The second-order valence-corrected chi connectivity index (χ2v) is 6.10.